The molecule has 0 amide bonds. The van der Waals surface area contributed by atoms with Crippen LogP contribution < -0.4 is 5.32 Å². The predicted octanol–water partition coefficient (Wildman–Crippen LogP) is 1.53. The van der Waals surface area contributed by atoms with Crippen molar-refractivity contribution in [3.8, 4) is 0 Å². The Kier molecular flexibility index (Phi) is 5.53. The maximum absolute atomic E-state index is 4.44. The third-order valence-electron chi connectivity index (χ3n) is 2.52. The summed E-state index contributed by atoms with van der Waals surface area (Å²) in [5.74, 6) is 0. The highest BCUT2D eigenvalue weighted by Crippen LogP contribution is 2.15. The quantitative estimate of drug-likeness (QED) is 0.878. The minimum absolute atomic E-state index is 0. The number of hydrogen-bond donors (Lipinski definition) is 1. The van der Waals surface area contributed by atoms with Crippen LogP contribution in [0.3, 0.4) is 0 Å². The number of hydrogen-bond acceptors (Lipinski definition) is 4. The highest BCUT2D eigenvalue weighted by atomic mass is 35.5. The average Bonchev–Trinajstić information content (AvgIpc) is 2.67. The fraction of sp³-hybridized carbons (Fsp3) is 0.700. The van der Waals surface area contributed by atoms with Gasteiger partial charge in [0.25, 0.3) is 0 Å². The lowest BCUT2D eigenvalue weighted by Gasteiger charge is -2.26. The zero-order chi connectivity index (χ0) is 9.80. The third kappa shape index (κ3) is 3.72. The number of halogens is 1. The van der Waals surface area contributed by atoms with Gasteiger partial charge >= 0.3 is 0 Å². The Labute approximate surface area is 101 Å². The Morgan fingerprint density at radius 1 is 1.47 bits per heavy atom. The molecule has 86 valence electrons. The fourth-order valence-corrected chi connectivity index (χ4v) is 2.55. The van der Waals surface area contributed by atoms with Crippen LogP contribution in [0.1, 0.15) is 16.8 Å². The normalized spacial score (nSPS) is 17.4. The Balaban J connectivity index is 0.00000112. The van der Waals surface area contributed by atoms with Gasteiger partial charge in [0.1, 0.15) is 5.01 Å². The van der Waals surface area contributed by atoms with Gasteiger partial charge in [-0.25, -0.2) is 4.98 Å². The maximum Gasteiger partial charge on any atom is 0.107 e. The summed E-state index contributed by atoms with van der Waals surface area (Å²) in [4.78, 5) is 8.30. The summed E-state index contributed by atoms with van der Waals surface area (Å²) in [6.07, 6.45) is 3.13. The molecule has 5 heteroatoms. The minimum Gasteiger partial charge on any atom is -0.314 e. The molecule has 1 aromatic heterocycles. The van der Waals surface area contributed by atoms with E-state index in [2.05, 4.69) is 22.1 Å². The number of nitrogens with zero attached hydrogens (tertiary/aromatic N) is 2. The van der Waals surface area contributed by atoms with Crippen molar-refractivity contribution >= 4 is 23.7 Å². The molecular formula is C10H18ClN3S. The van der Waals surface area contributed by atoms with Crippen LogP contribution in [0.25, 0.3) is 0 Å². The van der Waals surface area contributed by atoms with E-state index < -0.39 is 0 Å². The number of piperazine rings is 1. The van der Waals surface area contributed by atoms with Crippen molar-refractivity contribution in [2.45, 2.75) is 19.9 Å². The first kappa shape index (κ1) is 12.9. The topological polar surface area (TPSA) is 28.2 Å². The van der Waals surface area contributed by atoms with Crippen molar-refractivity contribution in [2.24, 2.45) is 0 Å². The lowest BCUT2D eigenvalue weighted by Crippen LogP contribution is -2.42. The number of nitrogens with one attached hydrogen (secondary N) is 1. The Bertz CT molecular complexity index is 284. The molecule has 3 nitrogen and oxygen atoms in total. The van der Waals surface area contributed by atoms with Crippen LogP contribution in [0.15, 0.2) is 6.20 Å². The molecular weight excluding hydrogens is 230 g/mol. The molecule has 1 fully saturated rings. The van der Waals surface area contributed by atoms with Gasteiger partial charge in [0.15, 0.2) is 0 Å². The summed E-state index contributed by atoms with van der Waals surface area (Å²) in [5, 5.41) is 4.63. The highest BCUT2D eigenvalue weighted by molar-refractivity contribution is 7.11. The van der Waals surface area contributed by atoms with Crippen LogP contribution in [0.4, 0.5) is 0 Å². The molecule has 1 N–H and O–H groups in total. The van der Waals surface area contributed by atoms with Gasteiger partial charge in [0.05, 0.1) is 6.54 Å². The molecule has 1 aliphatic rings. The van der Waals surface area contributed by atoms with Crippen molar-refractivity contribution in [2.75, 3.05) is 26.2 Å². The zero-order valence-corrected chi connectivity index (χ0v) is 10.7. The van der Waals surface area contributed by atoms with E-state index in [-0.39, 0.29) is 12.4 Å². The van der Waals surface area contributed by atoms with E-state index in [4.69, 9.17) is 0 Å². The summed E-state index contributed by atoms with van der Waals surface area (Å²) >= 11 is 1.85. The molecule has 0 bridgehead atoms. The summed E-state index contributed by atoms with van der Waals surface area (Å²) < 4.78 is 0. The van der Waals surface area contributed by atoms with E-state index in [0.717, 1.165) is 39.1 Å². The number of aromatic nitrogens is 1. The van der Waals surface area contributed by atoms with Gasteiger partial charge in [-0.3, -0.25) is 4.90 Å². The second-order valence-corrected chi connectivity index (χ2v) is 4.80. The van der Waals surface area contributed by atoms with Gasteiger partial charge in [-0.2, -0.15) is 0 Å². The maximum atomic E-state index is 4.44. The number of aryl methyl sites for hydroxylation is 1. The van der Waals surface area contributed by atoms with Gasteiger partial charge in [-0.05, 0) is 6.42 Å². The van der Waals surface area contributed by atoms with Crippen LogP contribution in [0.5, 0.6) is 0 Å². The molecule has 0 atom stereocenters. The number of rotatable bonds is 3. The summed E-state index contributed by atoms with van der Waals surface area (Å²) in [5.41, 5.74) is 0. The van der Waals surface area contributed by atoms with E-state index >= 15 is 0 Å². The zero-order valence-electron chi connectivity index (χ0n) is 9.03. The molecule has 2 heterocycles. The van der Waals surface area contributed by atoms with Gasteiger partial charge < -0.3 is 5.32 Å². The largest absolute Gasteiger partial charge is 0.314 e. The van der Waals surface area contributed by atoms with Crippen molar-refractivity contribution in [1.82, 2.24) is 15.2 Å². The Hall–Kier alpha value is -0.160. The third-order valence-corrected chi connectivity index (χ3v) is 3.64. The molecule has 0 aliphatic carbocycles. The Morgan fingerprint density at radius 2 is 2.20 bits per heavy atom. The predicted molar refractivity (Wildman–Crippen MR) is 66.9 cm³/mol. The second-order valence-electron chi connectivity index (χ2n) is 3.60. The smallest absolute Gasteiger partial charge is 0.107 e. The Morgan fingerprint density at radius 3 is 2.80 bits per heavy atom. The lowest BCUT2D eigenvalue weighted by atomic mass is 10.3. The van der Waals surface area contributed by atoms with E-state index in [9.17, 15) is 0 Å². The molecule has 0 saturated carbocycles. The summed E-state index contributed by atoms with van der Waals surface area (Å²) in [6.45, 7) is 7.76. The van der Waals surface area contributed by atoms with Crippen molar-refractivity contribution in [3.63, 3.8) is 0 Å². The van der Waals surface area contributed by atoms with Crippen LogP contribution >= 0.6 is 23.7 Å². The summed E-state index contributed by atoms with van der Waals surface area (Å²) in [6, 6.07) is 0. The monoisotopic (exact) mass is 247 g/mol. The lowest BCUT2D eigenvalue weighted by molar-refractivity contribution is 0.233. The molecule has 1 saturated heterocycles. The highest BCUT2D eigenvalue weighted by Gasteiger charge is 2.11. The van der Waals surface area contributed by atoms with E-state index in [1.165, 1.54) is 9.88 Å². The van der Waals surface area contributed by atoms with Crippen LogP contribution in [0.2, 0.25) is 0 Å². The van der Waals surface area contributed by atoms with Gasteiger partial charge in [-0.15, -0.1) is 23.7 Å². The molecule has 0 radical (unpaired) electrons. The first-order valence-electron chi connectivity index (χ1n) is 5.25. The van der Waals surface area contributed by atoms with Crippen molar-refractivity contribution in [3.05, 3.63) is 16.1 Å². The molecule has 0 unspecified atom stereocenters. The first-order chi connectivity index (χ1) is 6.88. The van der Waals surface area contributed by atoms with Crippen LogP contribution in [-0.4, -0.2) is 36.1 Å². The molecule has 1 aliphatic heterocycles. The molecule has 2 rings (SSSR count). The van der Waals surface area contributed by atoms with E-state index in [1.54, 1.807) is 0 Å². The standard InChI is InChI=1S/C10H17N3S.ClH/c1-2-9-7-12-10(14-9)8-13-5-3-11-4-6-13;/h7,11H,2-6,8H2,1H3;1H. The minimum atomic E-state index is 0. The number of thiazole rings is 1. The average molecular weight is 248 g/mol. The summed E-state index contributed by atoms with van der Waals surface area (Å²) in [7, 11) is 0. The van der Waals surface area contributed by atoms with E-state index in [0.29, 0.717) is 0 Å². The van der Waals surface area contributed by atoms with Crippen LogP contribution in [0, 0.1) is 0 Å². The first-order valence-corrected chi connectivity index (χ1v) is 6.07. The van der Waals surface area contributed by atoms with Gasteiger partial charge in [-0.1, -0.05) is 6.92 Å². The van der Waals surface area contributed by atoms with Crippen LogP contribution in [-0.2, 0) is 13.0 Å². The SMILES string of the molecule is CCc1cnc(CN2CCNCC2)s1.Cl. The molecule has 0 spiro atoms. The van der Waals surface area contributed by atoms with Gasteiger partial charge in [0.2, 0.25) is 0 Å². The van der Waals surface area contributed by atoms with Crippen molar-refractivity contribution < 1.29 is 0 Å². The molecule has 15 heavy (non-hydrogen) atoms. The van der Waals surface area contributed by atoms with E-state index in [1.807, 2.05) is 17.5 Å². The van der Waals surface area contributed by atoms with Gasteiger partial charge in [0, 0.05) is 37.3 Å². The van der Waals surface area contributed by atoms with Crippen molar-refractivity contribution in [1.29, 1.82) is 0 Å². The fourth-order valence-electron chi connectivity index (χ4n) is 1.65. The molecule has 0 aromatic carbocycles. The second kappa shape index (κ2) is 6.43. The molecule has 1 aromatic rings.